The molecule has 24 heavy (non-hydrogen) atoms. The zero-order valence-electron chi connectivity index (χ0n) is 12.7. The molecule has 0 aliphatic heterocycles. The maximum atomic E-state index is 11.3. The van der Waals surface area contributed by atoms with Gasteiger partial charge < -0.3 is 0 Å². The second-order valence-electron chi connectivity index (χ2n) is 5.42. The number of benzene rings is 1. The Morgan fingerprint density at radius 2 is 1.92 bits per heavy atom. The van der Waals surface area contributed by atoms with Crippen LogP contribution in [0.25, 0.3) is 0 Å². The van der Waals surface area contributed by atoms with Gasteiger partial charge in [0.15, 0.2) is 0 Å². The highest BCUT2D eigenvalue weighted by molar-refractivity contribution is 7.85. The van der Waals surface area contributed by atoms with Crippen LogP contribution >= 0.6 is 0 Å². The van der Waals surface area contributed by atoms with Gasteiger partial charge in [0.1, 0.15) is 0 Å². The molecule has 0 bridgehead atoms. The van der Waals surface area contributed by atoms with E-state index in [-0.39, 0.29) is 16.9 Å². The highest BCUT2D eigenvalue weighted by Crippen LogP contribution is 2.37. The van der Waals surface area contributed by atoms with E-state index in [4.69, 9.17) is 0 Å². The minimum atomic E-state index is -3.78. The molecule has 1 aromatic carbocycles. The molecule has 1 saturated carbocycles. The lowest BCUT2D eigenvalue weighted by Crippen LogP contribution is -2.19. The predicted octanol–water partition coefficient (Wildman–Crippen LogP) is 2.49. The van der Waals surface area contributed by atoms with Crippen LogP contribution in [0.4, 0.5) is 11.4 Å². The molecular formula is C13H15N3O7S. The summed E-state index contributed by atoms with van der Waals surface area (Å²) in [7, 11) is -3.78. The lowest BCUT2D eigenvalue weighted by Gasteiger charge is -2.23. The fourth-order valence-corrected chi connectivity index (χ4v) is 2.88. The third-order valence-corrected chi connectivity index (χ3v) is 4.01. The molecule has 10 nitrogen and oxygen atoms in total. The summed E-state index contributed by atoms with van der Waals surface area (Å²) in [6.45, 7) is 0. The first-order valence-electron chi connectivity index (χ1n) is 7.07. The number of hydrogen-bond acceptors (Lipinski definition) is 8. The van der Waals surface area contributed by atoms with Crippen LogP contribution in [0.15, 0.2) is 23.4 Å². The monoisotopic (exact) mass is 357 g/mol. The van der Waals surface area contributed by atoms with Gasteiger partial charge in [0.05, 0.1) is 27.9 Å². The molecule has 1 fully saturated rings. The van der Waals surface area contributed by atoms with Crippen molar-refractivity contribution in [3.05, 3.63) is 44.0 Å². The smallest absolute Gasteiger partial charge is 0.269 e. The molecule has 0 N–H and O–H groups in total. The highest BCUT2D eigenvalue weighted by atomic mass is 32.2. The molecule has 2 rings (SSSR count). The van der Waals surface area contributed by atoms with Crippen molar-refractivity contribution in [1.29, 1.82) is 0 Å². The van der Waals surface area contributed by atoms with Crippen LogP contribution in [0.1, 0.15) is 37.2 Å². The van der Waals surface area contributed by atoms with Crippen molar-refractivity contribution in [2.45, 2.75) is 31.6 Å². The van der Waals surface area contributed by atoms with Crippen LogP contribution in [-0.2, 0) is 14.4 Å². The number of nitro groups is 2. The van der Waals surface area contributed by atoms with Gasteiger partial charge in [0.25, 0.3) is 11.4 Å². The molecule has 1 atom stereocenters. The number of oxime groups is 1. The lowest BCUT2D eigenvalue weighted by molar-refractivity contribution is -0.394. The predicted molar refractivity (Wildman–Crippen MR) is 84.3 cm³/mol. The first-order chi connectivity index (χ1) is 11.2. The maximum Gasteiger partial charge on any atom is 0.325 e. The van der Waals surface area contributed by atoms with E-state index < -0.39 is 25.9 Å². The highest BCUT2D eigenvalue weighted by Gasteiger charge is 2.31. The second-order valence-corrected chi connectivity index (χ2v) is 6.97. The first-order valence-corrected chi connectivity index (χ1v) is 8.89. The van der Waals surface area contributed by atoms with Gasteiger partial charge in [-0.3, -0.25) is 24.5 Å². The Hall–Kier alpha value is -2.56. The van der Waals surface area contributed by atoms with Gasteiger partial charge in [-0.05, 0) is 25.3 Å². The second kappa shape index (κ2) is 6.91. The molecule has 0 amide bonds. The Morgan fingerprint density at radius 3 is 2.50 bits per heavy atom. The van der Waals surface area contributed by atoms with Crippen molar-refractivity contribution < 1.29 is 22.5 Å². The summed E-state index contributed by atoms with van der Waals surface area (Å²) in [5.74, 6) is -0.512. The standard InChI is InChI=1S/C13H15N3O7S/c1-24(21,22)23-14-12-5-3-2-4-10(12)11-7-6-9(15(17)18)8-13(11)16(19)20/h6-8,10H,2-5H2,1H3/b14-12-/t10-/m0/s1. The molecule has 1 aliphatic carbocycles. The van der Waals surface area contributed by atoms with E-state index in [9.17, 15) is 28.6 Å². The Morgan fingerprint density at radius 1 is 1.21 bits per heavy atom. The molecule has 0 saturated heterocycles. The summed E-state index contributed by atoms with van der Waals surface area (Å²) in [6.07, 6.45) is 3.34. The van der Waals surface area contributed by atoms with Gasteiger partial charge in [-0.25, -0.2) is 0 Å². The third-order valence-electron chi connectivity index (χ3n) is 3.66. The van der Waals surface area contributed by atoms with Crippen LogP contribution in [0.2, 0.25) is 0 Å². The van der Waals surface area contributed by atoms with Crippen LogP contribution in [0.3, 0.4) is 0 Å². The molecule has 1 aliphatic rings. The summed E-state index contributed by atoms with van der Waals surface area (Å²) in [4.78, 5) is 20.7. The Balaban J connectivity index is 2.47. The minimum absolute atomic E-state index is 0.265. The van der Waals surface area contributed by atoms with Gasteiger partial charge in [0.2, 0.25) is 0 Å². The average molecular weight is 357 g/mol. The van der Waals surface area contributed by atoms with Crippen molar-refractivity contribution in [3.8, 4) is 0 Å². The van der Waals surface area contributed by atoms with Crippen LogP contribution in [-0.4, -0.2) is 30.2 Å². The van der Waals surface area contributed by atoms with E-state index in [0.29, 0.717) is 18.6 Å². The normalized spacial score (nSPS) is 19.9. The van der Waals surface area contributed by atoms with Gasteiger partial charge in [-0.1, -0.05) is 11.6 Å². The first kappa shape index (κ1) is 17.8. The van der Waals surface area contributed by atoms with Crippen molar-refractivity contribution in [1.82, 2.24) is 0 Å². The molecule has 11 heteroatoms. The topological polar surface area (TPSA) is 142 Å². The van der Waals surface area contributed by atoms with Gasteiger partial charge in [-0.15, -0.1) is 0 Å². The van der Waals surface area contributed by atoms with Crippen LogP contribution in [0.5, 0.6) is 0 Å². The Kier molecular flexibility index (Phi) is 5.12. The maximum absolute atomic E-state index is 11.3. The van der Waals surface area contributed by atoms with Crippen molar-refractivity contribution in [3.63, 3.8) is 0 Å². The zero-order chi connectivity index (χ0) is 17.9. The molecule has 0 aromatic heterocycles. The molecule has 0 spiro atoms. The zero-order valence-corrected chi connectivity index (χ0v) is 13.6. The summed E-state index contributed by atoms with van der Waals surface area (Å²) in [6, 6.07) is 3.41. The van der Waals surface area contributed by atoms with E-state index in [1.54, 1.807) is 0 Å². The molecule has 130 valence electrons. The average Bonchev–Trinajstić information content (AvgIpc) is 2.51. The van der Waals surface area contributed by atoms with E-state index in [0.717, 1.165) is 25.2 Å². The SMILES string of the molecule is CS(=O)(=O)O/N=C1/CCCC[C@H]1c1ccc([N+](=O)[O-])cc1[N+](=O)[O-]. The van der Waals surface area contributed by atoms with E-state index in [1.165, 1.54) is 12.1 Å². The van der Waals surface area contributed by atoms with Crippen molar-refractivity contribution >= 4 is 27.2 Å². The number of rotatable bonds is 5. The summed E-state index contributed by atoms with van der Waals surface area (Å²) in [5.41, 5.74) is -0.125. The number of nitro benzene ring substituents is 2. The molecular weight excluding hydrogens is 342 g/mol. The van der Waals surface area contributed by atoms with Crippen molar-refractivity contribution in [2.24, 2.45) is 5.16 Å². The van der Waals surface area contributed by atoms with Crippen molar-refractivity contribution in [2.75, 3.05) is 6.26 Å². The summed E-state index contributed by atoms with van der Waals surface area (Å²) < 4.78 is 26.7. The molecule has 0 heterocycles. The number of nitrogens with zero attached hydrogens (tertiary/aromatic N) is 3. The lowest BCUT2D eigenvalue weighted by atomic mass is 9.81. The molecule has 0 radical (unpaired) electrons. The van der Waals surface area contributed by atoms with E-state index in [1.807, 2.05) is 0 Å². The fraction of sp³-hybridized carbons (Fsp3) is 0.462. The van der Waals surface area contributed by atoms with E-state index >= 15 is 0 Å². The third kappa shape index (κ3) is 4.25. The number of non-ortho nitro benzene ring substituents is 1. The van der Waals surface area contributed by atoms with Crippen LogP contribution in [0, 0.1) is 20.2 Å². The van der Waals surface area contributed by atoms with Gasteiger partial charge in [0, 0.05) is 17.5 Å². The van der Waals surface area contributed by atoms with E-state index in [2.05, 4.69) is 9.44 Å². The number of hydrogen-bond donors (Lipinski definition) is 0. The fourth-order valence-electron chi connectivity index (χ4n) is 2.65. The minimum Gasteiger partial charge on any atom is -0.269 e. The Bertz CT molecular complexity index is 804. The molecule has 0 unspecified atom stereocenters. The van der Waals surface area contributed by atoms with Crippen LogP contribution < -0.4 is 0 Å². The van der Waals surface area contributed by atoms with Gasteiger partial charge in [-0.2, -0.15) is 8.42 Å². The largest absolute Gasteiger partial charge is 0.325 e. The van der Waals surface area contributed by atoms with Gasteiger partial charge >= 0.3 is 10.1 Å². The summed E-state index contributed by atoms with van der Waals surface area (Å²) >= 11 is 0. The Labute approximate surface area is 137 Å². The quantitative estimate of drug-likeness (QED) is 0.582. The molecule has 1 aromatic rings. The summed E-state index contributed by atoms with van der Waals surface area (Å²) in [5, 5.41) is 25.7.